The fourth-order valence-corrected chi connectivity index (χ4v) is 5.47. The molecule has 2 heterocycles. The van der Waals surface area contributed by atoms with Crippen molar-refractivity contribution in [2.45, 2.75) is 43.7 Å². The molecule has 3 aromatic rings. The topological polar surface area (TPSA) is 227 Å². The van der Waals surface area contributed by atoms with Crippen molar-refractivity contribution in [2.24, 2.45) is 5.11 Å². The molecule has 0 radical (unpaired) electrons. The van der Waals surface area contributed by atoms with Gasteiger partial charge in [0.2, 0.25) is 5.72 Å². The van der Waals surface area contributed by atoms with Crippen molar-refractivity contribution < 1.29 is 38.1 Å². The number of aromatic nitrogens is 2. The number of azide groups is 1. The minimum Gasteiger partial charge on any atom is -0.460 e. The van der Waals surface area contributed by atoms with E-state index in [9.17, 15) is 34.7 Å². The molecule has 1 aliphatic heterocycles. The van der Waals surface area contributed by atoms with Crippen molar-refractivity contribution in [3.63, 3.8) is 0 Å². The minimum absolute atomic E-state index is 0.0557. The Hall–Kier alpha value is -4.27. The predicted octanol–water partition coefficient (Wildman–Crippen LogP) is 1.72. The van der Waals surface area contributed by atoms with E-state index >= 15 is 0 Å². The molecule has 1 fully saturated rings. The number of aliphatic hydroxyl groups excluding tert-OH is 2. The van der Waals surface area contributed by atoms with E-state index in [0.717, 1.165) is 22.4 Å². The van der Waals surface area contributed by atoms with Gasteiger partial charge in [0.15, 0.2) is 6.23 Å². The summed E-state index contributed by atoms with van der Waals surface area (Å²) in [6, 6.07) is 16.4. The zero-order valence-electron chi connectivity index (χ0n) is 22.0. The van der Waals surface area contributed by atoms with Crippen LogP contribution in [-0.4, -0.2) is 56.3 Å². The van der Waals surface area contributed by atoms with Crippen LogP contribution in [0.25, 0.3) is 10.4 Å². The zero-order chi connectivity index (χ0) is 30.3. The lowest BCUT2D eigenvalue weighted by Gasteiger charge is -2.29. The lowest BCUT2D eigenvalue weighted by Crippen LogP contribution is -2.45. The number of nitrogens with one attached hydrogen (secondary N) is 2. The van der Waals surface area contributed by atoms with E-state index in [1.807, 2.05) is 4.98 Å². The van der Waals surface area contributed by atoms with Crippen LogP contribution in [0, 0.1) is 0 Å². The van der Waals surface area contributed by atoms with Crippen molar-refractivity contribution in [1.29, 1.82) is 0 Å². The van der Waals surface area contributed by atoms with E-state index < -0.39 is 61.8 Å². The second kappa shape index (κ2) is 13.1. The number of para-hydroxylation sites is 1. The molecular weight excluding hydrogens is 575 g/mol. The van der Waals surface area contributed by atoms with Gasteiger partial charge in [-0.2, -0.15) is 5.09 Å². The molecule has 0 amide bonds. The third-order valence-electron chi connectivity index (χ3n) is 6.08. The van der Waals surface area contributed by atoms with Gasteiger partial charge in [0.1, 0.15) is 30.6 Å². The maximum absolute atomic E-state index is 13.9. The van der Waals surface area contributed by atoms with Crippen LogP contribution in [0.1, 0.15) is 18.7 Å². The maximum Gasteiger partial charge on any atom is 0.459 e. The van der Waals surface area contributed by atoms with Gasteiger partial charge in [0.05, 0.1) is 6.61 Å². The summed E-state index contributed by atoms with van der Waals surface area (Å²) in [5.41, 5.74) is 5.79. The average molecular weight is 602 g/mol. The number of aliphatic hydroxyl groups is 2. The molecule has 1 aliphatic rings. The minimum atomic E-state index is -4.54. The molecule has 2 aromatic carbocycles. The van der Waals surface area contributed by atoms with E-state index in [2.05, 4.69) is 15.1 Å². The summed E-state index contributed by atoms with van der Waals surface area (Å²) in [6.07, 6.45) is -4.51. The van der Waals surface area contributed by atoms with E-state index in [1.165, 1.54) is 19.1 Å². The van der Waals surface area contributed by atoms with Crippen molar-refractivity contribution in [3.05, 3.63) is 110 Å². The predicted molar refractivity (Wildman–Crippen MR) is 145 cm³/mol. The van der Waals surface area contributed by atoms with Crippen molar-refractivity contribution in [1.82, 2.24) is 14.6 Å². The lowest BCUT2D eigenvalue weighted by atomic mass is 10.1. The monoisotopic (exact) mass is 602 g/mol. The third kappa shape index (κ3) is 7.13. The van der Waals surface area contributed by atoms with Crippen molar-refractivity contribution >= 4 is 13.7 Å². The first-order valence-corrected chi connectivity index (χ1v) is 14.0. The number of nitrogens with zero attached hydrogens (tertiary/aromatic N) is 4. The highest BCUT2D eigenvalue weighted by Crippen LogP contribution is 2.48. The number of rotatable bonds is 12. The molecule has 16 nitrogen and oxygen atoms in total. The molecule has 1 aromatic heterocycles. The Kier molecular flexibility index (Phi) is 9.60. The van der Waals surface area contributed by atoms with E-state index in [1.54, 1.807) is 48.5 Å². The lowest BCUT2D eigenvalue weighted by molar-refractivity contribution is -0.146. The zero-order valence-corrected chi connectivity index (χ0v) is 22.9. The average Bonchev–Trinajstić information content (AvgIpc) is 3.21. The first kappa shape index (κ1) is 30.7. The molecule has 2 unspecified atom stereocenters. The summed E-state index contributed by atoms with van der Waals surface area (Å²) in [4.78, 5) is 41.0. The molecule has 6 atom stereocenters. The van der Waals surface area contributed by atoms with Gasteiger partial charge in [-0.3, -0.25) is 23.7 Å². The number of carbonyl (C=O) groups is 1. The second-order valence-corrected chi connectivity index (χ2v) is 10.8. The fraction of sp³-hybridized carbons (Fsp3) is 0.320. The smallest absolute Gasteiger partial charge is 0.459 e. The molecule has 0 bridgehead atoms. The SMILES string of the molecule is C[C@H](NP(=O)(OCC1(N=[N+]=[N-])O[C@@H](n2ccc(=O)[nH]c2=O)[C@@H](O)[C@H]1O)Oc1ccccc1)C(=O)OCc1ccccc1. The highest BCUT2D eigenvalue weighted by Gasteiger charge is 2.56. The van der Waals surface area contributed by atoms with Crippen LogP contribution in [0.4, 0.5) is 0 Å². The number of aromatic amines is 1. The molecule has 1 saturated heterocycles. The Bertz CT molecular complexity index is 1600. The van der Waals surface area contributed by atoms with E-state index in [-0.39, 0.29) is 12.4 Å². The molecule has 17 heteroatoms. The van der Waals surface area contributed by atoms with Crippen LogP contribution < -0.4 is 20.9 Å². The standard InChI is InChI=1S/C25H27N6O10P/c1-16(23(35)38-14-17-8-4-2-5-9-17)28-42(37,41-18-10-6-3-7-11-18)39-15-25(29-30-26)21(34)20(33)22(40-25)31-13-12-19(32)27-24(31)36/h2-13,16,20-22,33-34H,14-15H2,1H3,(H,28,37)(H,27,32,36)/t16-,20-,21+,22+,25?,42?/m0/s1. The Labute approximate surface area is 237 Å². The number of H-pyrrole nitrogens is 1. The molecule has 4 rings (SSSR count). The largest absolute Gasteiger partial charge is 0.460 e. The molecular formula is C25H27N6O10P. The number of ether oxygens (including phenoxy) is 2. The molecule has 0 spiro atoms. The van der Waals surface area contributed by atoms with Crippen molar-refractivity contribution in [3.8, 4) is 5.75 Å². The first-order valence-electron chi connectivity index (χ1n) is 12.4. The number of hydrogen-bond donors (Lipinski definition) is 4. The summed E-state index contributed by atoms with van der Waals surface area (Å²) in [5, 5.41) is 27.4. The van der Waals surface area contributed by atoms with Crippen LogP contribution in [0.15, 0.2) is 87.6 Å². The van der Waals surface area contributed by atoms with Gasteiger partial charge in [0.25, 0.3) is 5.56 Å². The van der Waals surface area contributed by atoms with Crippen LogP contribution >= 0.6 is 7.75 Å². The molecule has 222 valence electrons. The Morgan fingerprint density at radius 2 is 1.86 bits per heavy atom. The Morgan fingerprint density at radius 3 is 2.50 bits per heavy atom. The quantitative estimate of drug-likeness (QED) is 0.0767. The van der Waals surface area contributed by atoms with E-state index in [4.69, 9.17) is 18.5 Å². The van der Waals surface area contributed by atoms with Gasteiger partial charge in [-0.25, -0.2) is 9.36 Å². The number of benzene rings is 2. The third-order valence-corrected chi connectivity index (χ3v) is 7.71. The van der Waals surface area contributed by atoms with Gasteiger partial charge >= 0.3 is 19.4 Å². The summed E-state index contributed by atoms with van der Waals surface area (Å²) in [5.74, 6) is -0.726. The second-order valence-electron chi connectivity index (χ2n) is 9.11. The Morgan fingerprint density at radius 1 is 1.19 bits per heavy atom. The van der Waals surface area contributed by atoms with Gasteiger partial charge in [-0.15, -0.1) is 0 Å². The summed E-state index contributed by atoms with van der Waals surface area (Å²) < 4.78 is 36.6. The molecule has 4 N–H and O–H groups in total. The number of esters is 1. The summed E-state index contributed by atoms with van der Waals surface area (Å²) in [6.45, 7) is 0.316. The summed E-state index contributed by atoms with van der Waals surface area (Å²) >= 11 is 0. The molecule has 0 aliphatic carbocycles. The van der Waals surface area contributed by atoms with Crippen LogP contribution in [0.2, 0.25) is 0 Å². The Balaban J connectivity index is 1.56. The van der Waals surface area contributed by atoms with E-state index in [0.29, 0.717) is 0 Å². The maximum atomic E-state index is 13.9. The van der Waals surface area contributed by atoms with Crippen LogP contribution in [0.5, 0.6) is 5.75 Å². The van der Waals surface area contributed by atoms with Gasteiger partial charge < -0.3 is 24.2 Å². The normalized spacial score (nSPS) is 23.7. The van der Waals surface area contributed by atoms with Crippen molar-refractivity contribution in [2.75, 3.05) is 6.61 Å². The molecule has 42 heavy (non-hydrogen) atoms. The number of hydrogen-bond acceptors (Lipinski definition) is 11. The first-order chi connectivity index (χ1) is 20.1. The van der Waals surface area contributed by atoms with Gasteiger partial charge in [0, 0.05) is 17.2 Å². The summed E-state index contributed by atoms with van der Waals surface area (Å²) in [7, 11) is -4.54. The molecule has 0 saturated carbocycles. The fourth-order valence-electron chi connectivity index (χ4n) is 3.96. The van der Waals surface area contributed by atoms with Crippen LogP contribution in [0.3, 0.4) is 0 Å². The highest BCUT2D eigenvalue weighted by atomic mass is 31.2. The van der Waals surface area contributed by atoms with Crippen LogP contribution in [-0.2, 0) is 30.0 Å². The van der Waals surface area contributed by atoms with Gasteiger partial charge in [-0.1, -0.05) is 53.6 Å². The number of carbonyl (C=O) groups excluding carboxylic acids is 1. The highest BCUT2D eigenvalue weighted by molar-refractivity contribution is 7.52. The van der Waals surface area contributed by atoms with Gasteiger partial charge in [-0.05, 0) is 30.2 Å².